The number of hydrogen-bond acceptors (Lipinski definition) is 5. The number of piperidine rings is 1. The number of amides is 1. The molecule has 0 aliphatic carbocycles. The molecule has 138 valence electrons. The number of carbonyl (C=O) groups excluding carboxylic acids is 1. The molecule has 0 saturated carbocycles. The summed E-state index contributed by atoms with van der Waals surface area (Å²) in [6.45, 7) is 1.69. The Morgan fingerprint density at radius 1 is 1.11 bits per heavy atom. The van der Waals surface area contributed by atoms with Gasteiger partial charge in [-0.1, -0.05) is 0 Å². The Labute approximate surface area is 160 Å². The van der Waals surface area contributed by atoms with Gasteiger partial charge in [0.2, 0.25) is 0 Å². The molecular formula is C20H19FN4OS. The van der Waals surface area contributed by atoms with Gasteiger partial charge in [0, 0.05) is 48.0 Å². The van der Waals surface area contributed by atoms with Crippen molar-refractivity contribution >= 4 is 22.4 Å². The fraction of sp³-hybridized carbons (Fsp3) is 0.250. The SMILES string of the molecule is O=C(NC1CCN(c2nc(-c3ccc(F)cc3)cs2)CC1)c1ccncc1. The Balaban J connectivity index is 1.34. The minimum Gasteiger partial charge on any atom is -0.349 e. The maximum absolute atomic E-state index is 13.1. The summed E-state index contributed by atoms with van der Waals surface area (Å²) in [5, 5.41) is 6.06. The Morgan fingerprint density at radius 3 is 2.52 bits per heavy atom. The highest BCUT2D eigenvalue weighted by Gasteiger charge is 2.23. The van der Waals surface area contributed by atoms with Gasteiger partial charge in [-0.05, 0) is 49.2 Å². The highest BCUT2D eigenvalue weighted by Crippen LogP contribution is 2.29. The van der Waals surface area contributed by atoms with E-state index in [1.165, 1.54) is 12.1 Å². The lowest BCUT2D eigenvalue weighted by molar-refractivity contribution is 0.0931. The summed E-state index contributed by atoms with van der Waals surface area (Å²) in [6, 6.07) is 9.99. The van der Waals surface area contributed by atoms with Crippen LogP contribution in [0.4, 0.5) is 9.52 Å². The highest BCUT2D eigenvalue weighted by molar-refractivity contribution is 7.14. The zero-order valence-electron chi connectivity index (χ0n) is 14.6. The van der Waals surface area contributed by atoms with Crippen molar-refractivity contribution in [2.45, 2.75) is 18.9 Å². The second kappa shape index (κ2) is 7.84. The predicted octanol–water partition coefficient (Wildman–Crippen LogP) is 3.74. The molecule has 0 bridgehead atoms. The van der Waals surface area contributed by atoms with E-state index in [-0.39, 0.29) is 17.8 Å². The average molecular weight is 382 g/mol. The van der Waals surface area contributed by atoms with Gasteiger partial charge < -0.3 is 10.2 Å². The molecule has 1 aromatic carbocycles. The third kappa shape index (κ3) is 4.14. The van der Waals surface area contributed by atoms with E-state index in [2.05, 4.69) is 15.2 Å². The lowest BCUT2D eigenvalue weighted by Crippen LogP contribution is -2.44. The minimum absolute atomic E-state index is 0.0521. The first-order chi connectivity index (χ1) is 13.2. The van der Waals surface area contributed by atoms with Crippen molar-refractivity contribution < 1.29 is 9.18 Å². The summed E-state index contributed by atoms with van der Waals surface area (Å²) in [5.74, 6) is -0.297. The maximum Gasteiger partial charge on any atom is 0.251 e. The molecule has 2 aromatic heterocycles. The van der Waals surface area contributed by atoms with E-state index in [9.17, 15) is 9.18 Å². The Hall–Kier alpha value is -2.80. The molecule has 3 heterocycles. The summed E-state index contributed by atoms with van der Waals surface area (Å²) in [5.41, 5.74) is 2.41. The van der Waals surface area contributed by atoms with Crippen LogP contribution in [-0.4, -0.2) is 35.0 Å². The number of anilines is 1. The summed E-state index contributed by atoms with van der Waals surface area (Å²) in [7, 11) is 0. The lowest BCUT2D eigenvalue weighted by Gasteiger charge is -2.32. The Bertz CT molecular complexity index is 905. The monoisotopic (exact) mass is 382 g/mol. The van der Waals surface area contributed by atoms with Crippen LogP contribution in [0.5, 0.6) is 0 Å². The number of hydrogen-bond donors (Lipinski definition) is 1. The first kappa shape index (κ1) is 17.6. The smallest absolute Gasteiger partial charge is 0.251 e. The normalized spacial score (nSPS) is 14.9. The van der Waals surface area contributed by atoms with E-state index in [4.69, 9.17) is 4.98 Å². The first-order valence-electron chi connectivity index (χ1n) is 8.86. The van der Waals surface area contributed by atoms with Crippen LogP contribution >= 0.6 is 11.3 Å². The second-order valence-electron chi connectivity index (χ2n) is 6.49. The number of nitrogens with zero attached hydrogens (tertiary/aromatic N) is 3. The number of pyridine rings is 1. The number of benzene rings is 1. The Kier molecular flexibility index (Phi) is 5.11. The van der Waals surface area contributed by atoms with E-state index in [1.807, 2.05) is 5.38 Å². The molecule has 4 rings (SSSR count). The van der Waals surface area contributed by atoms with Crippen LogP contribution in [0.15, 0.2) is 54.2 Å². The molecule has 27 heavy (non-hydrogen) atoms. The molecule has 0 spiro atoms. The zero-order valence-corrected chi connectivity index (χ0v) is 15.5. The van der Waals surface area contributed by atoms with Crippen LogP contribution in [-0.2, 0) is 0 Å². The van der Waals surface area contributed by atoms with Crippen molar-refractivity contribution in [1.29, 1.82) is 0 Å². The van der Waals surface area contributed by atoms with Gasteiger partial charge in [-0.25, -0.2) is 9.37 Å². The number of halogens is 1. The van der Waals surface area contributed by atoms with Gasteiger partial charge in [-0.3, -0.25) is 9.78 Å². The lowest BCUT2D eigenvalue weighted by atomic mass is 10.0. The van der Waals surface area contributed by atoms with Gasteiger partial charge in [0.15, 0.2) is 5.13 Å². The summed E-state index contributed by atoms with van der Waals surface area (Å²) < 4.78 is 13.1. The van der Waals surface area contributed by atoms with Crippen LogP contribution in [0.3, 0.4) is 0 Å². The molecule has 1 amide bonds. The summed E-state index contributed by atoms with van der Waals surface area (Å²) in [4.78, 5) is 23.1. The highest BCUT2D eigenvalue weighted by atomic mass is 32.1. The second-order valence-corrected chi connectivity index (χ2v) is 7.33. The minimum atomic E-state index is -0.245. The topological polar surface area (TPSA) is 58.1 Å². The number of thiazole rings is 1. The van der Waals surface area contributed by atoms with Crippen molar-refractivity contribution in [1.82, 2.24) is 15.3 Å². The van der Waals surface area contributed by atoms with Gasteiger partial charge in [-0.15, -0.1) is 11.3 Å². The van der Waals surface area contributed by atoms with Gasteiger partial charge in [0.05, 0.1) is 5.69 Å². The maximum atomic E-state index is 13.1. The van der Waals surface area contributed by atoms with E-state index < -0.39 is 0 Å². The molecule has 5 nitrogen and oxygen atoms in total. The van der Waals surface area contributed by atoms with Gasteiger partial charge in [-0.2, -0.15) is 0 Å². The van der Waals surface area contributed by atoms with E-state index in [0.717, 1.165) is 42.3 Å². The van der Waals surface area contributed by atoms with Gasteiger partial charge >= 0.3 is 0 Å². The summed E-state index contributed by atoms with van der Waals surface area (Å²) >= 11 is 1.59. The van der Waals surface area contributed by atoms with Crippen LogP contribution in [0.25, 0.3) is 11.3 Å². The molecule has 1 aliphatic heterocycles. The van der Waals surface area contributed by atoms with Gasteiger partial charge in [0.1, 0.15) is 5.82 Å². The molecule has 3 aromatic rings. The van der Waals surface area contributed by atoms with Gasteiger partial charge in [0.25, 0.3) is 5.91 Å². The molecule has 0 atom stereocenters. The zero-order chi connectivity index (χ0) is 18.6. The van der Waals surface area contributed by atoms with Crippen LogP contribution in [0, 0.1) is 5.82 Å². The molecule has 1 aliphatic rings. The van der Waals surface area contributed by atoms with Crippen molar-refractivity contribution in [2.75, 3.05) is 18.0 Å². The molecule has 0 unspecified atom stereocenters. The largest absolute Gasteiger partial charge is 0.349 e. The van der Waals surface area contributed by atoms with Crippen LogP contribution in [0.2, 0.25) is 0 Å². The van der Waals surface area contributed by atoms with E-state index >= 15 is 0 Å². The summed E-state index contributed by atoms with van der Waals surface area (Å²) in [6.07, 6.45) is 5.00. The third-order valence-corrected chi connectivity index (χ3v) is 5.58. The molecule has 1 fully saturated rings. The van der Waals surface area contributed by atoms with Crippen molar-refractivity contribution in [2.24, 2.45) is 0 Å². The Morgan fingerprint density at radius 2 is 1.81 bits per heavy atom. The molecular weight excluding hydrogens is 363 g/mol. The first-order valence-corrected chi connectivity index (χ1v) is 9.74. The van der Waals surface area contributed by atoms with Crippen molar-refractivity contribution in [3.63, 3.8) is 0 Å². The van der Waals surface area contributed by atoms with E-state index in [1.54, 1.807) is 48.0 Å². The van der Waals surface area contributed by atoms with Crippen molar-refractivity contribution in [3.8, 4) is 11.3 Å². The van der Waals surface area contributed by atoms with Crippen LogP contribution < -0.4 is 10.2 Å². The number of rotatable bonds is 4. The average Bonchev–Trinajstić information content (AvgIpc) is 3.20. The number of nitrogens with one attached hydrogen (secondary N) is 1. The quantitative estimate of drug-likeness (QED) is 0.747. The van der Waals surface area contributed by atoms with E-state index in [0.29, 0.717) is 5.56 Å². The fourth-order valence-corrected chi connectivity index (χ4v) is 4.04. The molecule has 0 radical (unpaired) electrons. The van der Waals surface area contributed by atoms with Crippen LogP contribution in [0.1, 0.15) is 23.2 Å². The standard InChI is InChI=1S/C20H19FN4OS/c21-16-3-1-14(2-4-16)18-13-27-20(24-18)25-11-7-17(8-12-25)23-19(26)15-5-9-22-10-6-15/h1-6,9-10,13,17H,7-8,11-12H2,(H,23,26). The fourth-order valence-electron chi connectivity index (χ4n) is 3.15. The van der Waals surface area contributed by atoms with Crippen molar-refractivity contribution in [3.05, 3.63) is 65.6 Å². The number of carbonyl (C=O) groups is 1. The molecule has 1 N–H and O–H groups in total. The molecule has 7 heteroatoms. The molecule has 1 saturated heterocycles. The number of aromatic nitrogens is 2. The predicted molar refractivity (Wildman–Crippen MR) is 104 cm³/mol. The third-order valence-electron chi connectivity index (χ3n) is 4.68.